The van der Waals surface area contributed by atoms with Gasteiger partial charge in [0.15, 0.2) is 5.69 Å². The fourth-order valence-corrected chi connectivity index (χ4v) is 2.80. The van der Waals surface area contributed by atoms with E-state index in [0.717, 1.165) is 26.2 Å². The summed E-state index contributed by atoms with van der Waals surface area (Å²) in [5.74, 6) is 2.55. The van der Waals surface area contributed by atoms with Crippen molar-refractivity contribution in [3.63, 3.8) is 0 Å². The molecule has 1 aliphatic rings. The Labute approximate surface area is 116 Å². The number of anilines is 1. The number of nitrogens with zero attached hydrogens (tertiary/aromatic N) is 3. The molecule has 0 atom stereocenters. The molecule has 0 aromatic carbocycles. The zero-order valence-corrected chi connectivity index (χ0v) is 11.8. The molecule has 104 valence electrons. The summed E-state index contributed by atoms with van der Waals surface area (Å²) >= 11 is 2.00. The number of hydrogen-bond donors (Lipinski definition) is 1. The SMILES string of the molecule is COC(=O)c1cncc(NCCN2CCSCC2)n1. The van der Waals surface area contributed by atoms with Gasteiger partial charge in [-0.15, -0.1) is 0 Å². The van der Waals surface area contributed by atoms with Gasteiger partial charge >= 0.3 is 5.97 Å². The highest BCUT2D eigenvalue weighted by Crippen LogP contribution is 2.08. The Balaban J connectivity index is 1.80. The lowest BCUT2D eigenvalue weighted by molar-refractivity contribution is 0.0593. The maximum Gasteiger partial charge on any atom is 0.358 e. The number of rotatable bonds is 5. The third-order valence-corrected chi connectivity index (χ3v) is 3.81. The molecule has 2 heterocycles. The highest BCUT2D eigenvalue weighted by molar-refractivity contribution is 7.99. The number of ether oxygens (including phenoxy) is 1. The molecular formula is C12H18N4O2S. The summed E-state index contributed by atoms with van der Waals surface area (Å²) in [5.41, 5.74) is 0.224. The molecule has 1 saturated heterocycles. The van der Waals surface area contributed by atoms with Crippen molar-refractivity contribution in [2.75, 3.05) is 50.1 Å². The second kappa shape index (κ2) is 7.30. The normalized spacial score (nSPS) is 16.1. The van der Waals surface area contributed by atoms with E-state index in [-0.39, 0.29) is 5.69 Å². The number of esters is 1. The number of methoxy groups -OCH3 is 1. The molecule has 0 spiro atoms. The zero-order valence-electron chi connectivity index (χ0n) is 11.0. The molecule has 0 radical (unpaired) electrons. The van der Waals surface area contributed by atoms with Crippen LogP contribution in [0.3, 0.4) is 0 Å². The van der Waals surface area contributed by atoms with E-state index < -0.39 is 5.97 Å². The molecule has 1 aromatic rings. The summed E-state index contributed by atoms with van der Waals surface area (Å²) in [4.78, 5) is 21.9. The lowest BCUT2D eigenvalue weighted by Gasteiger charge is -2.26. The molecule has 1 aliphatic heterocycles. The highest BCUT2D eigenvalue weighted by atomic mass is 32.2. The number of thioether (sulfide) groups is 1. The Morgan fingerprint density at radius 3 is 3.00 bits per heavy atom. The van der Waals surface area contributed by atoms with Crippen LogP contribution in [0.15, 0.2) is 12.4 Å². The molecule has 7 heteroatoms. The van der Waals surface area contributed by atoms with Crippen LogP contribution < -0.4 is 5.32 Å². The molecule has 2 rings (SSSR count). The number of hydrogen-bond acceptors (Lipinski definition) is 7. The van der Waals surface area contributed by atoms with Crippen LogP contribution in [0.2, 0.25) is 0 Å². The van der Waals surface area contributed by atoms with Crippen molar-refractivity contribution in [2.45, 2.75) is 0 Å². The molecule has 0 saturated carbocycles. The van der Waals surface area contributed by atoms with Gasteiger partial charge in [0.05, 0.1) is 19.5 Å². The minimum Gasteiger partial charge on any atom is -0.464 e. The van der Waals surface area contributed by atoms with Gasteiger partial charge < -0.3 is 10.1 Å². The van der Waals surface area contributed by atoms with Gasteiger partial charge in [-0.25, -0.2) is 9.78 Å². The van der Waals surface area contributed by atoms with Crippen molar-refractivity contribution >= 4 is 23.5 Å². The van der Waals surface area contributed by atoms with Crippen molar-refractivity contribution in [1.82, 2.24) is 14.9 Å². The van der Waals surface area contributed by atoms with E-state index in [2.05, 4.69) is 24.9 Å². The average Bonchev–Trinajstić information content (AvgIpc) is 2.48. The summed E-state index contributed by atoms with van der Waals surface area (Å²) in [6.07, 6.45) is 3.01. The van der Waals surface area contributed by atoms with E-state index in [1.165, 1.54) is 24.8 Å². The summed E-state index contributed by atoms with van der Waals surface area (Å²) in [6, 6.07) is 0. The molecule has 0 amide bonds. The zero-order chi connectivity index (χ0) is 13.5. The van der Waals surface area contributed by atoms with Crippen LogP contribution in [-0.4, -0.2) is 65.6 Å². The maximum absolute atomic E-state index is 11.3. The van der Waals surface area contributed by atoms with E-state index in [4.69, 9.17) is 0 Å². The monoisotopic (exact) mass is 282 g/mol. The summed E-state index contributed by atoms with van der Waals surface area (Å²) < 4.78 is 4.61. The van der Waals surface area contributed by atoms with Crippen LogP contribution in [0.1, 0.15) is 10.5 Å². The summed E-state index contributed by atoms with van der Waals surface area (Å²) in [7, 11) is 1.33. The molecule has 1 aromatic heterocycles. The standard InChI is InChI=1S/C12H18N4O2S/c1-18-12(17)10-8-13-9-11(15-10)14-2-3-16-4-6-19-7-5-16/h8-9H,2-7H2,1H3,(H,14,15). The largest absolute Gasteiger partial charge is 0.464 e. The highest BCUT2D eigenvalue weighted by Gasteiger charge is 2.10. The van der Waals surface area contributed by atoms with Crippen molar-refractivity contribution in [3.05, 3.63) is 18.1 Å². The molecule has 1 N–H and O–H groups in total. The molecule has 19 heavy (non-hydrogen) atoms. The second-order valence-corrected chi connectivity index (χ2v) is 5.39. The van der Waals surface area contributed by atoms with Crippen molar-refractivity contribution < 1.29 is 9.53 Å². The van der Waals surface area contributed by atoms with Gasteiger partial charge in [0.1, 0.15) is 5.82 Å². The molecule has 1 fully saturated rings. The third kappa shape index (κ3) is 4.36. The molecule has 0 bridgehead atoms. The lowest BCUT2D eigenvalue weighted by atomic mass is 10.4. The Morgan fingerprint density at radius 2 is 2.26 bits per heavy atom. The Hall–Kier alpha value is -1.34. The molecule has 6 nitrogen and oxygen atoms in total. The average molecular weight is 282 g/mol. The van der Waals surface area contributed by atoms with Crippen LogP contribution in [0.4, 0.5) is 5.82 Å². The minimum atomic E-state index is -0.468. The number of carbonyl (C=O) groups excluding carboxylic acids is 1. The summed E-state index contributed by atoms with van der Waals surface area (Å²) in [5, 5.41) is 3.18. The van der Waals surface area contributed by atoms with Crippen LogP contribution >= 0.6 is 11.8 Å². The predicted molar refractivity (Wildman–Crippen MR) is 75.6 cm³/mol. The van der Waals surface area contributed by atoms with Crippen LogP contribution in [-0.2, 0) is 4.74 Å². The number of carbonyl (C=O) groups is 1. The topological polar surface area (TPSA) is 67.3 Å². The first-order valence-corrected chi connectivity index (χ1v) is 7.39. The van der Waals surface area contributed by atoms with Gasteiger partial charge in [0.2, 0.25) is 0 Å². The Morgan fingerprint density at radius 1 is 1.47 bits per heavy atom. The Kier molecular flexibility index (Phi) is 5.41. The first-order chi connectivity index (χ1) is 9.29. The number of nitrogens with one attached hydrogen (secondary N) is 1. The molecule has 0 aliphatic carbocycles. The van der Waals surface area contributed by atoms with E-state index >= 15 is 0 Å². The number of aromatic nitrogens is 2. The van der Waals surface area contributed by atoms with E-state index in [1.54, 1.807) is 6.20 Å². The van der Waals surface area contributed by atoms with E-state index in [9.17, 15) is 4.79 Å². The minimum absolute atomic E-state index is 0.224. The van der Waals surface area contributed by atoms with Gasteiger partial charge in [-0.3, -0.25) is 9.88 Å². The van der Waals surface area contributed by atoms with E-state index in [0.29, 0.717) is 5.82 Å². The maximum atomic E-state index is 11.3. The third-order valence-electron chi connectivity index (χ3n) is 2.87. The smallest absolute Gasteiger partial charge is 0.358 e. The van der Waals surface area contributed by atoms with Crippen molar-refractivity contribution in [1.29, 1.82) is 0 Å². The quantitative estimate of drug-likeness (QED) is 0.798. The lowest BCUT2D eigenvalue weighted by Crippen LogP contribution is -2.36. The van der Waals surface area contributed by atoms with Gasteiger partial charge in [-0.05, 0) is 0 Å². The Bertz CT molecular complexity index is 424. The van der Waals surface area contributed by atoms with Gasteiger partial charge in [0.25, 0.3) is 0 Å². The van der Waals surface area contributed by atoms with Gasteiger partial charge in [-0.2, -0.15) is 11.8 Å². The fourth-order valence-electron chi connectivity index (χ4n) is 1.82. The first-order valence-electron chi connectivity index (χ1n) is 6.24. The fraction of sp³-hybridized carbons (Fsp3) is 0.583. The molecular weight excluding hydrogens is 264 g/mol. The van der Waals surface area contributed by atoms with Gasteiger partial charge in [-0.1, -0.05) is 0 Å². The van der Waals surface area contributed by atoms with Gasteiger partial charge in [0, 0.05) is 37.7 Å². The van der Waals surface area contributed by atoms with Crippen LogP contribution in [0, 0.1) is 0 Å². The second-order valence-electron chi connectivity index (χ2n) is 4.16. The van der Waals surface area contributed by atoms with E-state index in [1.807, 2.05) is 11.8 Å². The van der Waals surface area contributed by atoms with Crippen LogP contribution in [0.5, 0.6) is 0 Å². The van der Waals surface area contributed by atoms with Crippen molar-refractivity contribution in [2.24, 2.45) is 0 Å². The van der Waals surface area contributed by atoms with Crippen LogP contribution in [0.25, 0.3) is 0 Å². The first kappa shape index (κ1) is 14.1. The molecule has 0 unspecified atom stereocenters. The predicted octanol–water partition coefficient (Wildman–Crippen LogP) is 0.724. The summed E-state index contributed by atoms with van der Waals surface area (Å²) in [6.45, 7) is 4.05. The van der Waals surface area contributed by atoms with Crippen molar-refractivity contribution in [3.8, 4) is 0 Å².